The summed E-state index contributed by atoms with van der Waals surface area (Å²) in [6.07, 6.45) is 3.20. The average Bonchev–Trinajstić information content (AvgIpc) is 2.68. The molecule has 4 rings (SSSR count). The van der Waals surface area contributed by atoms with Crippen LogP contribution in [0.15, 0.2) is 41.5 Å². The van der Waals surface area contributed by atoms with Crippen molar-refractivity contribution in [3.8, 4) is 0 Å². The second kappa shape index (κ2) is 8.85. The molecule has 1 fully saturated rings. The summed E-state index contributed by atoms with van der Waals surface area (Å²) in [5.41, 5.74) is 0.595. The molecule has 0 spiro atoms. The zero-order valence-electron chi connectivity index (χ0n) is 18.7. The zero-order chi connectivity index (χ0) is 22.9. The lowest BCUT2D eigenvalue weighted by molar-refractivity contribution is -0.00286. The Morgan fingerprint density at radius 1 is 1.19 bits per heavy atom. The number of likely N-dealkylation sites (tertiary alicyclic amines) is 1. The molecule has 4 N–H and O–H groups in total. The van der Waals surface area contributed by atoms with Crippen LogP contribution < -0.4 is 16.2 Å². The van der Waals surface area contributed by atoms with Gasteiger partial charge >= 0.3 is 0 Å². The van der Waals surface area contributed by atoms with E-state index in [-0.39, 0.29) is 30.4 Å². The number of β-amino-alcohol motifs (C(OH)–C–C–N with tert-alkyl or cyclic N) is 1. The predicted octanol–water partition coefficient (Wildman–Crippen LogP) is 1.91. The highest BCUT2D eigenvalue weighted by Crippen LogP contribution is 2.26. The molecule has 32 heavy (non-hydrogen) atoms. The molecule has 3 aromatic heterocycles. The Morgan fingerprint density at radius 3 is 2.66 bits per heavy atom. The summed E-state index contributed by atoms with van der Waals surface area (Å²) in [6.45, 7) is 8.27. The van der Waals surface area contributed by atoms with Crippen LogP contribution in [-0.4, -0.2) is 61.0 Å². The summed E-state index contributed by atoms with van der Waals surface area (Å²) in [4.78, 5) is 24.3. The second-order valence-electron chi connectivity index (χ2n) is 9.26. The predicted molar refractivity (Wildman–Crippen MR) is 125 cm³/mol. The van der Waals surface area contributed by atoms with E-state index in [4.69, 9.17) is 0 Å². The first-order valence-corrected chi connectivity index (χ1v) is 10.8. The second-order valence-corrected chi connectivity index (χ2v) is 9.26. The van der Waals surface area contributed by atoms with E-state index < -0.39 is 0 Å². The van der Waals surface area contributed by atoms with Crippen molar-refractivity contribution >= 4 is 28.2 Å². The van der Waals surface area contributed by atoms with E-state index >= 15 is 0 Å². The monoisotopic (exact) mass is 438 g/mol. The number of fused-ring (bicyclic) bond motifs is 1. The van der Waals surface area contributed by atoms with Gasteiger partial charge in [-0.05, 0) is 56.0 Å². The maximum atomic E-state index is 13.0. The maximum absolute atomic E-state index is 13.0. The number of aliphatic hydroxyl groups is 2. The number of anilines is 3. The topological polar surface area (TPSA) is 116 Å². The standard InChI is InChI=1S/C23H30N6O3/c1-23(2,3)27-21-20-16(5-7-29(8-9-30)22(20)32)11-19(26-21)25-18-10-15(4-6-24-18)12-28-13-17(31)14-28/h4-7,10-11,17,30-31H,8-9,12-14H2,1-3H3,(H2,24,25,26,27). The fourth-order valence-electron chi connectivity index (χ4n) is 3.80. The maximum Gasteiger partial charge on any atom is 0.262 e. The van der Waals surface area contributed by atoms with Crippen LogP contribution in [0.2, 0.25) is 0 Å². The molecule has 0 atom stereocenters. The number of rotatable bonds is 7. The smallest absolute Gasteiger partial charge is 0.262 e. The van der Waals surface area contributed by atoms with E-state index in [0.717, 1.165) is 17.5 Å². The van der Waals surface area contributed by atoms with Crippen LogP contribution in [0.5, 0.6) is 0 Å². The van der Waals surface area contributed by atoms with Crippen molar-refractivity contribution in [2.24, 2.45) is 0 Å². The van der Waals surface area contributed by atoms with Gasteiger partial charge in [0.25, 0.3) is 5.56 Å². The van der Waals surface area contributed by atoms with Crippen molar-refractivity contribution in [2.45, 2.75) is 45.5 Å². The molecule has 1 aliphatic heterocycles. The molecule has 0 unspecified atom stereocenters. The third-order valence-electron chi connectivity index (χ3n) is 5.22. The summed E-state index contributed by atoms with van der Waals surface area (Å²) in [7, 11) is 0. The van der Waals surface area contributed by atoms with Crippen molar-refractivity contribution in [2.75, 3.05) is 30.3 Å². The lowest BCUT2D eigenvalue weighted by Gasteiger charge is -2.35. The minimum absolute atomic E-state index is 0.112. The van der Waals surface area contributed by atoms with Crippen LogP contribution in [0.25, 0.3) is 10.8 Å². The highest BCUT2D eigenvalue weighted by molar-refractivity contribution is 5.93. The van der Waals surface area contributed by atoms with Crippen molar-refractivity contribution in [3.05, 3.63) is 52.6 Å². The minimum atomic E-state index is -0.303. The molecule has 0 aliphatic carbocycles. The third kappa shape index (κ3) is 5.07. The largest absolute Gasteiger partial charge is 0.395 e. The van der Waals surface area contributed by atoms with Crippen molar-refractivity contribution < 1.29 is 10.2 Å². The summed E-state index contributed by atoms with van der Waals surface area (Å²) in [6, 6.07) is 7.60. The molecule has 9 heteroatoms. The molecular formula is C23H30N6O3. The highest BCUT2D eigenvalue weighted by atomic mass is 16.3. The van der Waals surface area contributed by atoms with Gasteiger partial charge in [0.2, 0.25) is 0 Å². The first-order valence-electron chi connectivity index (χ1n) is 10.8. The Balaban J connectivity index is 1.67. The third-order valence-corrected chi connectivity index (χ3v) is 5.22. The highest BCUT2D eigenvalue weighted by Gasteiger charge is 2.24. The summed E-state index contributed by atoms with van der Waals surface area (Å²) >= 11 is 0. The number of aromatic nitrogens is 3. The summed E-state index contributed by atoms with van der Waals surface area (Å²) < 4.78 is 1.49. The Kier molecular flexibility index (Phi) is 6.14. The molecule has 1 saturated heterocycles. The number of hydrogen-bond donors (Lipinski definition) is 4. The fourth-order valence-corrected chi connectivity index (χ4v) is 3.80. The molecule has 0 aromatic carbocycles. The molecule has 4 heterocycles. The van der Waals surface area contributed by atoms with E-state index in [9.17, 15) is 15.0 Å². The number of pyridine rings is 3. The van der Waals surface area contributed by atoms with Gasteiger partial charge in [0, 0.05) is 44.1 Å². The van der Waals surface area contributed by atoms with Gasteiger partial charge in [0.05, 0.1) is 18.1 Å². The molecule has 1 aliphatic rings. The fraction of sp³-hybridized carbons (Fsp3) is 0.435. The van der Waals surface area contributed by atoms with Crippen LogP contribution in [0.3, 0.4) is 0 Å². The SMILES string of the molecule is CC(C)(C)Nc1nc(Nc2cc(CN3CC(O)C3)ccn2)cc2ccn(CCO)c(=O)c12. The van der Waals surface area contributed by atoms with Gasteiger partial charge in [0.15, 0.2) is 0 Å². The molecule has 0 radical (unpaired) electrons. The first kappa shape index (κ1) is 22.2. The lowest BCUT2D eigenvalue weighted by Crippen LogP contribution is -2.49. The van der Waals surface area contributed by atoms with Gasteiger partial charge in [0.1, 0.15) is 17.5 Å². The van der Waals surface area contributed by atoms with E-state index in [2.05, 4.69) is 25.5 Å². The van der Waals surface area contributed by atoms with Crippen LogP contribution in [0, 0.1) is 0 Å². The number of nitrogens with one attached hydrogen (secondary N) is 2. The average molecular weight is 439 g/mol. The van der Waals surface area contributed by atoms with Gasteiger partial charge in [-0.2, -0.15) is 0 Å². The summed E-state index contributed by atoms with van der Waals surface area (Å²) in [5, 5.41) is 26.6. The van der Waals surface area contributed by atoms with Crippen LogP contribution in [-0.2, 0) is 13.1 Å². The molecular weight excluding hydrogens is 408 g/mol. The number of hydrogen-bond acceptors (Lipinski definition) is 8. The molecule has 0 bridgehead atoms. The molecule has 0 saturated carbocycles. The Bertz CT molecular complexity index is 1160. The van der Waals surface area contributed by atoms with Crippen molar-refractivity contribution in [1.29, 1.82) is 0 Å². The number of nitrogens with zero attached hydrogens (tertiary/aromatic N) is 4. The molecule has 3 aromatic rings. The van der Waals surface area contributed by atoms with Crippen molar-refractivity contribution in [3.63, 3.8) is 0 Å². The van der Waals surface area contributed by atoms with Gasteiger partial charge in [-0.3, -0.25) is 9.69 Å². The number of aliphatic hydroxyl groups excluding tert-OH is 2. The Hall–Kier alpha value is -3.01. The van der Waals surface area contributed by atoms with E-state index in [1.54, 1.807) is 12.4 Å². The van der Waals surface area contributed by atoms with Crippen LogP contribution in [0.1, 0.15) is 26.3 Å². The molecule has 0 amide bonds. The van der Waals surface area contributed by atoms with Gasteiger partial charge in [-0.15, -0.1) is 0 Å². The lowest BCUT2D eigenvalue weighted by atomic mass is 10.1. The minimum Gasteiger partial charge on any atom is -0.395 e. The summed E-state index contributed by atoms with van der Waals surface area (Å²) in [5.74, 6) is 1.72. The zero-order valence-corrected chi connectivity index (χ0v) is 18.7. The van der Waals surface area contributed by atoms with Gasteiger partial charge < -0.3 is 25.4 Å². The van der Waals surface area contributed by atoms with Gasteiger partial charge in [-0.1, -0.05) is 0 Å². The van der Waals surface area contributed by atoms with Crippen molar-refractivity contribution in [1.82, 2.24) is 19.4 Å². The van der Waals surface area contributed by atoms with Crippen LogP contribution in [0.4, 0.5) is 17.5 Å². The van der Waals surface area contributed by atoms with E-state index in [0.29, 0.717) is 35.9 Å². The Labute approximate surface area is 186 Å². The Morgan fingerprint density at radius 2 is 1.97 bits per heavy atom. The first-order chi connectivity index (χ1) is 15.2. The molecule has 170 valence electrons. The van der Waals surface area contributed by atoms with E-state index in [1.807, 2.05) is 45.0 Å². The quantitative estimate of drug-likeness (QED) is 0.442. The molecule has 9 nitrogen and oxygen atoms in total. The van der Waals surface area contributed by atoms with E-state index in [1.165, 1.54) is 4.57 Å². The van der Waals surface area contributed by atoms with Crippen LogP contribution >= 0.6 is 0 Å². The normalized spacial score (nSPS) is 15.0. The van der Waals surface area contributed by atoms with Gasteiger partial charge in [-0.25, -0.2) is 9.97 Å².